The molecule has 0 saturated carbocycles. The minimum atomic E-state index is -0.733. The van der Waals surface area contributed by atoms with Crippen molar-refractivity contribution in [2.45, 2.75) is 6.61 Å². The summed E-state index contributed by atoms with van der Waals surface area (Å²) in [6, 6.07) is 14.9. The maximum absolute atomic E-state index is 13.2. The van der Waals surface area contributed by atoms with E-state index in [1.165, 1.54) is 18.2 Å². The van der Waals surface area contributed by atoms with Crippen LogP contribution in [0, 0.1) is 5.82 Å². The van der Waals surface area contributed by atoms with Crippen LogP contribution in [0.5, 0.6) is 6.08 Å². The lowest BCUT2D eigenvalue weighted by molar-refractivity contribution is 0.215. The average Bonchev–Trinajstić information content (AvgIpc) is 2.87. The van der Waals surface area contributed by atoms with Crippen molar-refractivity contribution in [3.05, 3.63) is 76.5 Å². The summed E-state index contributed by atoms with van der Waals surface area (Å²) in [5.41, 5.74) is 1.19. The van der Waals surface area contributed by atoms with Gasteiger partial charge in [-0.3, -0.25) is 0 Å². The summed E-state index contributed by atoms with van der Waals surface area (Å²) in [6.07, 6.45) is -0.159. The van der Waals surface area contributed by atoms with Crippen molar-refractivity contribution < 1.29 is 13.5 Å². The first-order chi connectivity index (χ1) is 10.2. The van der Waals surface area contributed by atoms with Gasteiger partial charge in [0.2, 0.25) is 0 Å². The van der Waals surface area contributed by atoms with Crippen molar-refractivity contribution in [2.75, 3.05) is 0 Å². The first kappa shape index (κ1) is 13.1. The summed E-state index contributed by atoms with van der Waals surface area (Å²) in [5.74, 6) is -1.20. The Balaban J connectivity index is 1.80. The molecular weight excluding hydrogens is 275 g/mol. The lowest BCUT2D eigenvalue weighted by Crippen LogP contribution is -2.13. The normalized spacial score (nSPS) is 10.5. The van der Waals surface area contributed by atoms with E-state index >= 15 is 0 Å². The second-order valence-electron chi connectivity index (χ2n) is 4.30. The molecule has 0 fully saturated rings. The summed E-state index contributed by atoms with van der Waals surface area (Å²) in [5, 5.41) is 3.88. The first-order valence-electron chi connectivity index (χ1n) is 6.25. The van der Waals surface area contributed by atoms with E-state index in [-0.39, 0.29) is 18.4 Å². The molecule has 2 aromatic carbocycles. The van der Waals surface area contributed by atoms with Gasteiger partial charge in [0.1, 0.15) is 12.4 Å². The van der Waals surface area contributed by atoms with Gasteiger partial charge >= 0.3 is 11.8 Å². The van der Waals surface area contributed by atoms with Crippen molar-refractivity contribution in [3.63, 3.8) is 0 Å². The van der Waals surface area contributed by atoms with E-state index in [1.807, 2.05) is 30.3 Å². The zero-order chi connectivity index (χ0) is 14.7. The molecule has 0 radical (unpaired) electrons. The van der Waals surface area contributed by atoms with Gasteiger partial charge < -0.3 is 9.15 Å². The molecule has 0 N–H and O–H groups in total. The van der Waals surface area contributed by atoms with Gasteiger partial charge in [-0.15, -0.1) is 0 Å². The number of hydrogen-bond acceptors (Lipinski definition) is 4. The Morgan fingerprint density at radius 3 is 2.71 bits per heavy atom. The fourth-order valence-electron chi connectivity index (χ4n) is 1.81. The molecule has 0 aliphatic carbocycles. The van der Waals surface area contributed by atoms with Gasteiger partial charge in [0.25, 0.3) is 0 Å². The number of aromatic nitrogens is 2. The highest BCUT2D eigenvalue weighted by Crippen LogP contribution is 2.11. The van der Waals surface area contributed by atoms with Gasteiger partial charge in [-0.2, -0.15) is 4.68 Å². The van der Waals surface area contributed by atoms with Crippen LogP contribution in [0.3, 0.4) is 0 Å². The van der Waals surface area contributed by atoms with Crippen molar-refractivity contribution in [1.29, 1.82) is 0 Å². The third-order valence-corrected chi connectivity index (χ3v) is 2.79. The van der Waals surface area contributed by atoms with E-state index in [1.54, 1.807) is 6.07 Å². The molecule has 6 heteroatoms. The zero-order valence-corrected chi connectivity index (χ0v) is 10.9. The Hall–Kier alpha value is -2.89. The molecule has 3 rings (SSSR count). The lowest BCUT2D eigenvalue weighted by Gasteiger charge is -2.00. The first-order valence-corrected chi connectivity index (χ1v) is 6.25. The average molecular weight is 286 g/mol. The highest BCUT2D eigenvalue weighted by molar-refractivity contribution is 5.30. The molecule has 0 aliphatic heterocycles. The Kier molecular flexibility index (Phi) is 3.51. The van der Waals surface area contributed by atoms with Crippen molar-refractivity contribution in [1.82, 2.24) is 9.78 Å². The van der Waals surface area contributed by atoms with Gasteiger partial charge in [0, 0.05) is 0 Å². The molecule has 106 valence electrons. The maximum Gasteiger partial charge on any atom is 0.444 e. The van der Waals surface area contributed by atoms with Gasteiger partial charge in [-0.1, -0.05) is 41.5 Å². The molecule has 0 spiro atoms. The highest BCUT2D eigenvalue weighted by Gasteiger charge is 2.11. The summed E-state index contributed by atoms with van der Waals surface area (Å²) in [7, 11) is 0. The van der Waals surface area contributed by atoms with Gasteiger partial charge in [-0.05, 0) is 23.8 Å². The van der Waals surface area contributed by atoms with Gasteiger partial charge in [0.15, 0.2) is 0 Å². The van der Waals surface area contributed by atoms with Crippen molar-refractivity contribution in [3.8, 4) is 11.8 Å². The van der Waals surface area contributed by atoms with E-state index in [0.29, 0.717) is 0 Å². The predicted molar refractivity (Wildman–Crippen MR) is 72.8 cm³/mol. The number of ether oxygens (including phenoxy) is 1. The topological polar surface area (TPSA) is 57.3 Å². The SMILES string of the molecule is O=c1oc(OCc2ccccc2)nn1-c1cccc(F)c1. The standard InChI is InChI=1S/C15H11FN2O3/c16-12-7-4-8-13(9-12)18-15(19)21-14(17-18)20-10-11-5-2-1-3-6-11/h1-9H,10H2. The van der Waals surface area contributed by atoms with Gasteiger partial charge in [-0.25, -0.2) is 9.18 Å². The molecule has 0 aliphatic rings. The molecule has 5 nitrogen and oxygen atoms in total. The Bertz CT molecular complexity index is 796. The Morgan fingerprint density at radius 1 is 1.14 bits per heavy atom. The maximum atomic E-state index is 13.2. The fraction of sp³-hybridized carbons (Fsp3) is 0.0667. The molecule has 21 heavy (non-hydrogen) atoms. The van der Waals surface area contributed by atoms with Crippen molar-refractivity contribution in [2.24, 2.45) is 0 Å². The smallest absolute Gasteiger partial charge is 0.444 e. The lowest BCUT2D eigenvalue weighted by atomic mass is 10.2. The Labute approximate surface area is 119 Å². The van der Waals surface area contributed by atoms with E-state index in [4.69, 9.17) is 9.15 Å². The molecule has 3 aromatic rings. The molecule has 0 bridgehead atoms. The van der Waals surface area contributed by atoms with E-state index in [9.17, 15) is 9.18 Å². The van der Waals surface area contributed by atoms with Crippen LogP contribution in [0.4, 0.5) is 4.39 Å². The van der Waals surface area contributed by atoms with Crippen LogP contribution in [-0.2, 0) is 6.61 Å². The van der Waals surface area contributed by atoms with Crippen LogP contribution in [-0.4, -0.2) is 9.78 Å². The summed E-state index contributed by atoms with van der Waals surface area (Å²) in [6.45, 7) is 0.226. The van der Waals surface area contributed by atoms with Crippen LogP contribution in [0.15, 0.2) is 63.8 Å². The number of nitrogens with zero attached hydrogens (tertiary/aromatic N) is 2. The summed E-state index contributed by atoms with van der Waals surface area (Å²) < 4.78 is 24.3. The molecule has 0 unspecified atom stereocenters. The second kappa shape index (κ2) is 5.62. The molecule has 1 aromatic heterocycles. The monoisotopic (exact) mass is 286 g/mol. The van der Waals surface area contributed by atoms with Crippen LogP contribution >= 0.6 is 0 Å². The fourth-order valence-corrected chi connectivity index (χ4v) is 1.81. The Morgan fingerprint density at radius 2 is 1.95 bits per heavy atom. The molecule has 0 saturated heterocycles. The van der Waals surface area contributed by atoms with Gasteiger partial charge in [0.05, 0.1) is 5.69 Å². The quantitative estimate of drug-likeness (QED) is 0.739. The number of rotatable bonds is 4. The van der Waals surface area contributed by atoms with Crippen LogP contribution in [0.1, 0.15) is 5.56 Å². The predicted octanol–water partition coefficient (Wildman–Crippen LogP) is 2.54. The molecule has 0 atom stereocenters. The largest absolute Gasteiger partial charge is 0.444 e. The zero-order valence-electron chi connectivity index (χ0n) is 10.9. The van der Waals surface area contributed by atoms with Crippen LogP contribution in [0.25, 0.3) is 5.69 Å². The van der Waals surface area contributed by atoms with E-state index < -0.39 is 11.6 Å². The molecule has 1 heterocycles. The third-order valence-electron chi connectivity index (χ3n) is 2.79. The van der Waals surface area contributed by atoms with Crippen LogP contribution in [0.2, 0.25) is 0 Å². The molecule has 0 amide bonds. The highest BCUT2D eigenvalue weighted by atomic mass is 19.1. The second-order valence-corrected chi connectivity index (χ2v) is 4.30. The van der Waals surface area contributed by atoms with Crippen molar-refractivity contribution >= 4 is 0 Å². The van der Waals surface area contributed by atoms with E-state index in [0.717, 1.165) is 10.2 Å². The molecular formula is C15H11FN2O3. The minimum absolute atomic E-state index is 0.159. The van der Waals surface area contributed by atoms with E-state index in [2.05, 4.69) is 5.10 Å². The number of hydrogen-bond donors (Lipinski definition) is 0. The van der Waals surface area contributed by atoms with Crippen LogP contribution < -0.4 is 10.5 Å². The number of benzene rings is 2. The summed E-state index contributed by atoms with van der Waals surface area (Å²) >= 11 is 0. The number of halogens is 1. The minimum Gasteiger partial charge on any atom is -0.444 e. The summed E-state index contributed by atoms with van der Waals surface area (Å²) in [4.78, 5) is 11.7. The third kappa shape index (κ3) is 3.00.